The molecule has 0 saturated heterocycles. The molecular formula is C15H22O2S. The van der Waals surface area contributed by atoms with E-state index in [1.807, 2.05) is 32.0 Å². The van der Waals surface area contributed by atoms with Crippen molar-refractivity contribution in [2.24, 2.45) is 5.92 Å². The normalized spacial score (nSPS) is 12.7. The van der Waals surface area contributed by atoms with E-state index in [2.05, 4.69) is 13.8 Å². The third-order valence-corrected chi connectivity index (χ3v) is 4.18. The van der Waals surface area contributed by atoms with Crippen molar-refractivity contribution in [3.05, 3.63) is 34.9 Å². The van der Waals surface area contributed by atoms with Crippen LogP contribution in [-0.2, 0) is 10.8 Å². The first-order valence-corrected chi connectivity index (χ1v) is 7.84. The summed E-state index contributed by atoms with van der Waals surface area (Å²) in [5, 5.41) is 0. The Morgan fingerprint density at radius 1 is 1.28 bits per heavy atom. The third kappa shape index (κ3) is 4.73. The zero-order chi connectivity index (χ0) is 13.7. The topological polar surface area (TPSA) is 34.1 Å². The second kappa shape index (κ2) is 6.83. The molecule has 3 heteroatoms. The molecule has 1 unspecified atom stereocenters. The Morgan fingerprint density at radius 2 is 1.94 bits per heavy atom. The molecule has 0 amide bonds. The van der Waals surface area contributed by atoms with Crippen molar-refractivity contribution in [3.63, 3.8) is 0 Å². The van der Waals surface area contributed by atoms with Crippen LogP contribution >= 0.6 is 0 Å². The van der Waals surface area contributed by atoms with Gasteiger partial charge in [0.05, 0.1) is 5.75 Å². The van der Waals surface area contributed by atoms with Crippen LogP contribution in [0.25, 0.3) is 0 Å². The summed E-state index contributed by atoms with van der Waals surface area (Å²) in [6.45, 7) is 8.09. The zero-order valence-electron chi connectivity index (χ0n) is 11.7. The molecule has 0 aromatic heterocycles. The summed E-state index contributed by atoms with van der Waals surface area (Å²) in [5.74, 6) is 1.30. The number of hydrogen-bond acceptors (Lipinski definition) is 2. The van der Waals surface area contributed by atoms with Crippen LogP contribution in [0.5, 0.6) is 0 Å². The molecule has 0 radical (unpaired) electrons. The minimum atomic E-state index is -1.04. The average molecular weight is 266 g/mol. The smallest absolute Gasteiger partial charge is 0.175 e. The molecule has 0 N–H and O–H groups in total. The van der Waals surface area contributed by atoms with Crippen LogP contribution in [0, 0.1) is 19.8 Å². The fourth-order valence-corrected chi connectivity index (χ4v) is 3.03. The van der Waals surface area contributed by atoms with E-state index < -0.39 is 10.8 Å². The van der Waals surface area contributed by atoms with E-state index in [1.54, 1.807) is 0 Å². The highest BCUT2D eigenvalue weighted by Gasteiger charge is 2.13. The van der Waals surface area contributed by atoms with Crippen LogP contribution < -0.4 is 0 Å². The Kier molecular flexibility index (Phi) is 5.73. The van der Waals surface area contributed by atoms with Gasteiger partial charge in [0.15, 0.2) is 5.78 Å². The molecule has 100 valence electrons. The molecule has 0 aliphatic rings. The van der Waals surface area contributed by atoms with Gasteiger partial charge in [-0.25, -0.2) is 0 Å². The van der Waals surface area contributed by atoms with Gasteiger partial charge >= 0.3 is 0 Å². The largest absolute Gasteiger partial charge is 0.293 e. The van der Waals surface area contributed by atoms with E-state index in [1.165, 1.54) is 0 Å². The van der Waals surface area contributed by atoms with Crippen LogP contribution in [-0.4, -0.2) is 21.5 Å². The predicted molar refractivity (Wildman–Crippen MR) is 77.6 cm³/mol. The minimum absolute atomic E-state index is 0.00158. The quantitative estimate of drug-likeness (QED) is 0.740. The van der Waals surface area contributed by atoms with Crippen LogP contribution in [0.2, 0.25) is 0 Å². The summed E-state index contributed by atoms with van der Waals surface area (Å²) in [5.41, 5.74) is 2.75. The predicted octanol–water partition coefficient (Wildman–Crippen LogP) is 3.28. The van der Waals surface area contributed by atoms with Gasteiger partial charge in [0.1, 0.15) is 0 Å². The lowest BCUT2D eigenvalue weighted by molar-refractivity contribution is 0.102. The highest BCUT2D eigenvalue weighted by molar-refractivity contribution is 7.85. The van der Waals surface area contributed by atoms with E-state index >= 15 is 0 Å². The van der Waals surface area contributed by atoms with Crippen LogP contribution in [0.3, 0.4) is 0 Å². The van der Waals surface area contributed by atoms with Crippen molar-refractivity contribution in [1.82, 2.24) is 0 Å². The molecule has 1 aromatic rings. The highest BCUT2D eigenvalue weighted by Crippen LogP contribution is 2.12. The molecule has 0 spiro atoms. The Balaban J connectivity index is 2.65. The summed E-state index contributed by atoms with van der Waals surface area (Å²) in [7, 11) is -1.04. The minimum Gasteiger partial charge on any atom is -0.293 e. The first-order chi connectivity index (χ1) is 8.40. The number of carbonyl (C=O) groups excluding carboxylic acids is 1. The molecule has 0 aliphatic carbocycles. The van der Waals surface area contributed by atoms with Gasteiger partial charge in [-0.3, -0.25) is 9.00 Å². The van der Waals surface area contributed by atoms with Gasteiger partial charge in [0, 0.05) is 22.1 Å². The van der Waals surface area contributed by atoms with Crippen LogP contribution in [0.1, 0.15) is 41.8 Å². The van der Waals surface area contributed by atoms with Gasteiger partial charge in [-0.15, -0.1) is 0 Å². The monoisotopic (exact) mass is 266 g/mol. The summed E-state index contributed by atoms with van der Waals surface area (Å²) < 4.78 is 11.8. The fourth-order valence-electron chi connectivity index (χ4n) is 1.70. The zero-order valence-corrected chi connectivity index (χ0v) is 12.5. The SMILES string of the molecule is Cc1ccc(C)c(C(=O)CS(=O)CCC(C)C)c1. The summed E-state index contributed by atoms with van der Waals surface area (Å²) in [6, 6.07) is 5.82. The van der Waals surface area contributed by atoms with Crippen molar-refractivity contribution in [2.75, 3.05) is 11.5 Å². The van der Waals surface area contributed by atoms with Gasteiger partial charge in [-0.05, 0) is 37.8 Å². The maximum absolute atomic E-state index is 12.1. The Hall–Kier alpha value is -0.960. The number of aryl methyl sites for hydroxylation is 2. The third-order valence-electron chi connectivity index (χ3n) is 2.91. The lowest BCUT2D eigenvalue weighted by Crippen LogP contribution is -2.15. The van der Waals surface area contributed by atoms with E-state index in [0.717, 1.165) is 17.5 Å². The molecule has 0 heterocycles. The molecule has 18 heavy (non-hydrogen) atoms. The molecule has 0 aliphatic heterocycles. The van der Waals surface area contributed by atoms with E-state index in [4.69, 9.17) is 0 Å². The fraction of sp³-hybridized carbons (Fsp3) is 0.533. The molecule has 1 aromatic carbocycles. The summed E-state index contributed by atoms with van der Waals surface area (Å²) in [4.78, 5) is 12.1. The van der Waals surface area contributed by atoms with Crippen molar-refractivity contribution in [1.29, 1.82) is 0 Å². The first-order valence-electron chi connectivity index (χ1n) is 6.35. The van der Waals surface area contributed by atoms with Crippen molar-refractivity contribution < 1.29 is 9.00 Å². The number of carbonyl (C=O) groups is 1. The van der Waals surface area contributed by atoms with Gasteiger partial charge < -0.3 is 0 Å². The van der Waals surface area contributed by atoms with E-state index in [9.17, 15) is 9.00 Å². The van der Waals surface area contributed by atoms with Crippen molar-refractivity contribution >= 4 is 16.6 Å². The average Bonchev–Trinajstić information content (AvgIpc) is 2.29. The number of hydrogen-bond donors (Lipinski definition) is 0. The van der Waals surface area contributed by atoms with Crippen molar-refractivity contribution in [2.45, 2.75) is 34.1 Å². The molecule has 1 atom stereocenters. The second-order valence-corrected chi connectivity index (χ2v) is 6.79. The van der Waals surface area contributed by atoms with Crippen molar-refractivity contribution in [3.8, 4) is 0 Å². The number of rotatable bonds is 6. The number of benzene rings is 1. The van der Waals surface area contributed by atoms with Gasteiger partial charge in [-0.2, -0.15) is 0 Å². The maximum atomic E-state index is 12.1. The van der Waals surface area contributed by atoms with Crippen LogP contribution in [0.4, 0.5) is 0 Å². The summed E-state index contributed by atoms with van der Waals surface area (Å²) in [6.07, 6.45) is 0.909. The second-order valence-electron chi connectivity index (χ2n) is 5.21. The highest BCUT2D eigenvalue weighted by atomic mass is 32.2. The molecule has 0 saturated carbocycles. The van der Waals surface area contributed by atoms with E-state index in [-0.39, 0.29) is 11.5 Å². The van der Waals surface area contributed by atoms with E-state index in [0.29, 0.717) is 17.2 Å². The first kappa shape index (κ1) is 15.1. The van der Waals surface area contributed by atoms with Gasteiger partial charge in [0.25, 0.3) is 0 Å². The lowest BCUT2D eigenvalue weighted by Gasteiger charge is -2.07. The molecule has 0 fully saturated rings. The standard InChI is InChI=1S/C15H22O2S/c1-11(2)7-8-18(17)10-15(16)14-9-12(3)5-6-13(14)4/h5-6,9,11H,7-8,10H2,1-4H3. The van der Waals surface area contributed by atoms with Gasteiger partial charge in [-0.1, -0.05) is 31.5 Å². The molecule has 1 rings (SSSR count). The Morgan fingerprint density at radius 3 is 2.56 bits per heavy atom. The number of Topliss-reactive ketones (excluding diaryl/α,β-unsaturated/α-hetero) is 1. The summed E-state index contributed by atoms with van der Waals surface area (Å²) >= 11 is 0. The molecule has 2 nitrogen and oxygen atoms in total. The Bertz CT molecular complexity index is 450. The number of ketones is 1. The molecular weight excluding hydrogens is 244 g/mol. The van der Waals surface area contributed by atoms with Gasteiger partial charge in [0.2, 0.25) is 0 Å². The van der Waals surface area contributed by atoms with Crippen LogP contribution in [0.15, 0.2) is 18.2 Å². The molecule has 0 bridgehead atoms. The lowest BCUT2D eigenvalue weighted by atomic mass is 10.0. The maximum Gasteiger partial charge on any atom is 0.175 e. The Labute approximate surface area is 112 Å².